The SMILES string of the molecule is C=C(C)COCCNCc1ncnn1C. The molecule has 0 spiro atoms. The fraction of sp³-hybridized carbons (Fsp3) is 0.600. The van der Waals surface area contributed by atoms with Crippen molar-refractivity contribution in [2.45, 2.75) is 13.5 Å². The summed E-state index contributed by atoms with van der Waals surface area (Å²) in [7, 11) is 1.88. The van der Waals surface area contributed by atoms with Crippen LogP contribution in [0, 0.1) is 0 Å². The zero-order valence-electron chi connectivity index (χ0n) is 9.36. The summed E-state index contributed by atoms with van der Waals surface area (Å²) >= 11 is 0. The summed E-state index contributed by atoms with van der Waals surface area (Å²) < 4.78 is 7.09. The van der Waals surface area contributed by atoms with Crippen LogP contribution >= 0.6 is 0 Å². The molecule has 0 radical (unpaired) electrons. The van der Waals surface area contributed by atoms with E-state index in [2.05, 4.69) is 22.0 Å². The molecule has 0 fully saturated rings. The number of nitrogens with one attached hydrogen (secondary N) is 1. The Kier molecular flexibility index (Phi) is 5.00. The smallest absolute Gasteiger partial charge is 0.140 e. The normalized spacial score (nSPS) is 10.5. The van der Waals surface area contributed by atoms with Crippen LogP contribution in [0.1, 0.15) is 12.7 Å². The van der Waals surface area contributed by atoms with E-state index >= 15 is 0 Å². The van der Waals surface area contributed by atoms with E-state index in [-0.39, 0.29) is 0 Å². The number of aromatic nitrogens is 3. The maximum Gasteiger partial charge on any atom is 0.140 e. The van der Waals surface area contributed by atoms with Gasteiger partial charge in [-0.3, -0.25) is 4.68 Å². The summed E-state index contributed by atoms with van der Waals surface area (Å²) in [6.07, 6.45) is 1.55. The highest BCUT2D eigenvalue weighted by atomic mass is 16.5. The molecule has 0 bridgehead atoms. The van der Waals surface area contributed by atoms with Gasteiger partial charge in [-0.25, -0.2) is 4.98 Å². The lowest BCUT2D eigenvalue weighted by Crippen LogP contribution is -2.21. The predicted octanol–water partition coefficient (Wildman–Crippen LogP) is 0.497. The Morgan fingerprint density at radius 3 is 3.07 bits per heavy atom. The molecule has 15 heavy (non-hydrogen) atoms. The van der Waals surface area contributed by atoms with E-state index in [1.165, 1.54) is 0 Å². The third-order valence-electron chi connectivity index (χ3n) is 1.86. The molecule has 1 aromatic rings. The van der Waals surface area contributed by atoms with Gasteiger partial charge >= 0.3 is 0 Å². The van der Waals surface area contributed by atoms with Gasteiger partial charge in [0.15, 0.2) is 0 Å². The van der Waals surface area contributed by atoms with Crippen molar-refractivity contribution >= 4 is 0 Å². The van der Waals surface area contributed by atoms with E-state index in [4.69, 9.17) is 4.74 Å². The van der Waals surface area contributed by atoms with Crippen molar-refractivity contribution in [3.8, 4) is 0 Å². The van der Waals surface area contributed by atoms with Crippen LogP contribution in [0.4, 0.5) is 0 Å². The fourth-order valence-corrected chi connectivity index (χ4v) is 1.07. The average molecular weight is 210 g/mol. The van der Waals surface area contributed by atoms with Crippen LogP contribution in [0.25, 0.3) is 0 Å². The number of hydrogen-bond donors (Lipinski definition) is 1. The van der Waals surface area contributed by atoms with Crippen LogP contribution in [0.5, 0.6) is 0 Å². The molecular weight excluding hydrogens is 192 g/mol. The van der Waals surface area contributed by atoms with E-state index in [0.29, 0.717) is 19.8 Å². The maximum atomic E-state index is 5.34. The van der Waals surface area contributed by atoms with E-state index < -0.39 is 0 Å². The van der Waals surface area contributed by atoms with Crippen molar-refractivity contribution < 1.29 is 4.74 Å². The van der Waals surface area contributed by atoms with Crippen LogP contribution in [-0.4, -0.2) is 34.5 Å². The lowest BCUT2D eigenvalue weighted by Gasteiger charge is -2.05. The Labute approximate surface area is 90.2 Å². The predicted molar refractivity (Wildman–Crippen MR) is 58.3 cm³/mol. The highest BCUT2D eigenvalue weighted by molar-refractivity contribution is 4.87. The topological polar surface area (TPSA) is 52.0 Å². The average Bonchev–Trinajstić information content (AvgIpc) is 2.57. The molecule has 0 aliphatic rings. The molecular formula is C10H18N4O. The van der Waals surface area contributed by atoms with E-state index in [1.54, 1.807) is 11.0 Å². The highest BCUT2D eigenvalue weighted by Gasteiger charge is 1.98. The Balaban J connectivity index is 2.03. The van der Waals surface area contributed by atoms with Gasteiger partial charge in [-0.15, -0.1) is 0 Å². The number of rotatable bonds is 7. The molecule has 1 aromatic heterocycles. The number of aryl methyl sites for hydroxylation is 1. The molecule has 0 atom stereocenters. The first-order valence-corrected chi connectivity index (χ1v) is 4.96. The summed E-state index contributed by atoms with van der Waals surface area (Å²) in [5, 5.41) is 7.20. The number of nitrogens with zero attached hydrogens (tertiary/aromatic N) is 3. The van der Waals surface area contributed by atoms with E-state index in [0.717, 1.165) is 17.9 Å². The van der Waals surface area contributed by atoms with Crippen molar-refractivity contribution in [3.05, 3.63) is 24.3 Å². The van der Waals surface area contributed by atoms with Crippen molar-refractivity contribution in [2.24, 2.45) is 7.05 Å². The minimum atomic E-state index is 0.631. The van der Waals surface area contributed by atoms with Crippen molar-refractivity contribution in [3.63, 3.8) is 0 Å². The van der Waals surface area contributed by atoms with E-state index in [9.17, 15) is 0 Å². The van der Waals surface area contributed by atoms with Gasteiger partial charge < -0.3 is 10.1 Å². The van der Waals surface area contributed by atoms with Gasteiger partial charge in [0.05, 0.1) is 19.8 Å². The summed E-state index contributed by atoms with van der Waals surface area (Å²) in [4.78, 5) is 4.10. The Hall–Kier alpha value is -1.20. The van der Waals surface area contributed by atoms with Crippen LogP contribution in [0.15, 0.2) is 18.5 Å². The molecule has 0 saturated carbocycles. The molecule has 1 heterocycles. The maximum absolute atomic E-state index is 5.34. The zero-order chi connectivity index (χ0) is 11.1. The number of ether oxygens (including phenoxy) is 1. The van der Waals surface area contributed by atoms with Crippen molar-refractivity contribution in [2.75, 3.05) is 19.8 Å². The van der Waals surface area contributed by atoms with Gasteiger partial charge in [0.1, 0.15) is 12.2 Å². The second-order valence-corrected chi connectivity index (χ2v) is 3.49. The summed E-state index contributed by atoms with van der Waals surface area (Å²) in [6, 6.07) is 0. The zero-order valence-corrected chi connectivity index (χ0v) is 9.36. The molecule has 84 valence electrons. The standard InChI is InChI=1S/C10H18N4O/c1-9(2)7-15-5-4-11-6-10-12-8-13-14(10)3/h8,11H,1,4-7H2,2-3H3. The van der Waals surface area contributed by atoms with Gasteiger partial charge in [-0.1, -0.05) is 12.2 Å². The first-order chi connectivity index (χ1) is 7.20. The van der Waals surface area contributed by atoms with Crippen molar-refractivity contribution in [1.29, 1.82) is 0 Å². The molecule has 0 aliphatic carbocycles. The number of hydrogen-bond acceptors (Lipinski definition) is 4. The van der Waals surface area contributed by atoms with Gasteiger partial charge in [0, 0.05) is 13.6 Å². The van der Waals surface area contributed by atoms with Gasteiger partial charge in [0.2, 0.25) is 0 Å². The quantitative estimate of drug-likeness (QED) is 0.526. The summed E-state index contributed by atoms with van der Waals surface area (Å²) in [5.74, 6) is 0.926. The largest absolute Gasteiger partial charge is 0.376 e. The first kappa shape index (κ1) is 11.9. The summed E-state index contributed by atoms with van der Waals surface area (Å²) in [6.45, 7) is 8.55. The Morgan fingerprint density at radius 1 is 1.67 bits per heavy atom. The molecule has 0 amide bonds. The molecule has 0 saturated heterocycles. The lowest BCUT2D eigenvalue weighted by molar-refractivity contribution is 0.157. The third-order valence-corrected chi connectivity index (χ3v) is 1.86. The molecule has 1 rings (SSSR count). The molecule has 0 unspecified atom stereocenters. The van der Waals surface area contributed by atoms with Crippen LogP contribution in [0.3, 0.4) is 0 Å². The molecule has 1 N–H and O–H groups in total. The van der Waals surface area contributed by atoms with Gasteiger partial charge in [-0.05, 0) is 6.92 Å². The minimum absolute atomic E-state index is 0.631. The summed E-state index contributed by atoms with van der Waals surface area (Å²) in [5.41, 5.74) is 1.04. The highest BCUT2D eigenvalue weighted by Crippen LogP contribution is 1.89. The Bertz CT molecular complexity index is 308. The molecule has 5 heteroatoms. The Morgan fingerprint density at radius 2 is 2.47 bits per heavy atom. The monoisotopic (exact) mass is 210 g/mol. The molecule has 0 aromatic carbocycles. The second-order valence-electron chi connectivity index (χ2n) is 3.49. The fourth-order valence-electron chi connectivity index (χ4n) is 1.07. The second kappa shape index (κ2) is 6.31. The van der Waals surface area contributed by atoms with Crippen LogP contribution < -0.4 is 5.32 Å². The van der Waals surface area contributed by atoms with Crippen LogP contribution in [0.2, 0.25) is 0 Å². The minimum Gasteiger partial charge on any atom is -0.376 e. The van der Waals surface area contributed by atoms with E-state index in [1.807, 2.05) is 14.0 Å². The lowest BCUT2D eigenvalue weighted by atomic mass is 10.4. The van der Waals surface area contributed by atoms with Crippen LogP contribution in [-0.2, 0) is 18.3 Å². The van der Waals surface area contributed by atoms with Gasteiger partial charge in [0.25, 0.3) is 0 Å². The molecule has 0 aliphatic heterocycles. The third kappa shape index (κ3) is 4.71. The first-order valence-electron chi connectivity index (χ1n) is 4.96. The van der Waals surface area contributed by atoms with Crippen molar-refractivity contribution in [1.82, 2.24) is 20.1 Å². The molecule has 5 nitrogen and oxygen atoms in total. The van der Waals surface area contributed by atoms with Gasteiger partial charge in [-0.2, -0.15) is 5.10 Å².